The molecule has 1 aliphatic heterocycles. The van der Waals surface area contributed by atoms with Crippen molar-refractivity contribution in [2.24, 2.45) is 0 Å². The minimum Gasteiger partial charge on any atom is -0.480 e. The first-order valence-corrected chi connectivity index (χ1v) is 13.6. The molecular formula is C29H36F4N4O4. The molecule has 2 aliphatic rings. The van der Waals surface area contributed by atoms with Crippen LogP contribution in [0.2, 0.25) is 0 Å². The van der Waals surface area contributed by atoms with Crippen LogP contribution in [0.25, 0.3) is 11.1 Å². The lowest BCUT2D eigenvalue weighted by atomic mass is 9.92. The quantitative estimate of drug-likeness (QED) is 0.418. The van der Waals surface area contributed by atoms with E-state index in [1.807, 2.05) is 11.8 Å². The van der Waals surface area contributed by atoms with E-state index in [2.05, 4.69) is 15.6 Å². The van der Waals surface area contributed by atoms with Crippen LogP contribution < -0.4 is 20.3 Å². The van der Waals surface area contributed by atoms with Gasteiger partial charge in [-0.3, -0.25) is 4.79 Å². The Kier molecular flexibility index (Phi) is 8.42. The van der Waals surface area contributed by atoms with E-state index >= 15 is 0 Å². The van der Waals surface area contributed by atoms with Gasteiger partial charge in [-0.1, -0.05) is 0 Å². The lowest BCUT2D eigenvalue weighted by molar-refractivity contribution is -0.0399. The first-order chi connectivity index (χ1) is 19.1. The first kappa shape index (κ1) is 30.4. The third-order valence-corrected chi connectivity index (χ3v) is 7.25. The summed E-state index contributed by atoms with van der Waals surface area (Å²) in [6.07, 6.45) is 0.723. The second kappa shape index (κ2) is 11.4. The van der Waals surface area contributed by atoms with Crippen LogP contribution in [-0.2, 0) is 4.74 Å². The van der Waals surface area contributed by atoms with E-state index in [0.29, 0.717) is 18.7 Å². The number of aromatic nitrogens is 1. The second-order valence-electron chi connectivity index (χ2n) is 12.0. The summed E-state index contributed by atoms with van der Waals surface area (Å²) in [4.78, 5) is 32.3. The van der Waals surface area contributed by atoms with Gasteiger partial charge in [0.2, 0.25) is 11.8 Å². The molecule has 0 spiro atoms. The van der Waals surface area contributed by atoms with E-state index < -0.39 is 46.7 Å². The molecule has 1 aromatic heterocycles. The fourth-order valence-corrected chi connectivity index (χ4v) is 5.34. The first-order valence-electron chi connectivity index (χ1n) is 13.6. The number of carbonyl (C=O) groups is 2. The fraction of sp³-hybridized carbons (Fsp3) is 0.552. The molecule has 1 atom stereocenters. The Morgan fingerprint density at radius 1 is 1.07 bits per heavy atom. The summed E-state index contributed by atoms with van der Waals surface area (Å²) in [5, 5.41) is 5.74. The summed E-state index contributed by atoms with van der Waals surface area (Å²) in [5.74, 6) is -4.94. The third kappa shape index (κ3) is 7.39. The maximum atomic E-state index is 14.4. The molecule has 0 bridgehead atoms. The number of amides is 2. The van der Waals surface area contributed by atoms with Crippen LogP contribution in [0.5, 0.6) is 5.88 Å². The Bertz CT molecular complexity index is 1290. The van der Waals surface area contributed by atoms with Gasteiger partial charge in [0, 0.05) is 44.2 Å². The van der Waals surface area contributed by atoms with Crippen molar-refractivity contribution in [1.29, 1.82) is 0 Å². The third-order valence-electron chi connectivity index (χ3n) is 7.25. The van der Waals surface area contributed by atoms with Crippen molar-refractivity contribution in [3.63, 3.8) is 0 Å². The highest BCUT2D eigenvalue weighted by atomic mass is 19.3. The zero-order valence-corrected chi connectivity index (χ0v) is 23.9. The van der Waals surface area contributed by atoms with Gasteiger partial charge in [-0.25, -0.2) is 27.3 Å². The predicted molar refractivity (Wildman–Crippen MR) is 145 cm³/mol. The number of alkyl carbamates (subject to hydrolysis) is 1. The van der Waals surface area contributed by atoms with Crippen molar-refractivity contribution in [2.75, 3.05) is 25.1 Å². The van der Waals surface area contributed by atoms with Crippen LogP contribution >= 0.6 is 0 Å². The van der Waals surface area contributed by atoms with Crippen molar-refractivity contribution < 1.29 is 36.6 Å². The summed E-state index contributed by atoms with van der Waals surface area (Å²) in [6, 6.07) is 2.50. The highest BCUT2D eigenvalue weighted by molar-refractivity contribution is 6.04. The Morgan fingerprint density at radius 2 is 1.71 bits per heavy atom. The average molecular weight is 581 g/mol. The maximum absolute atomic E-state index is 14.4. The number of nitrogens with one attached hydrogen (secondary N) is 2. The van der Waals surface area contributed by atoms with Gasteiger partial charge in [-0.15, -0.1) is 0 Å². The summed E-state index contributed by atoms with van der Waals surface area (Å²) in [5.41, 5.74) is -0.802. The molecule has 12 heteroatoms. The van der Waals surface area contributed by atoms with Crippen molar-refractivity contribution in [2.45, 2.75) is 82.9 Å². The minimum atomic E-state index is -2.76. The molecule has 1 aromatic carbocycles. The molecule has 8 nitrogen and oxygen atoms in total. The summed E-state index contributed by atoms with van der Waals surface area (Å²) in [7, 11) is 1.35. The van der Waals surface area contributed by atoms with Crippen LogP contribution in [0.1, 0.15) is 70.2 Å². The molecule has 4 rings (SSSR count). The zero-order valence-electron chi connectivity index (χ0n) is 23.9. The fourth-order valence-electron chi connectivity index (χ4n) is 5.34. The van der Waals surface area contributed by atoms with E-state index in [1.165, 1.54) is 13.3 Å². The molecule has 1 saturated heterocycles. The van der Waals surface area contributed by atoms with Crippen molar-refractivity contribution >= 4 is 17.7 Å². The Labute approximate surface area is 236 Å². The highest BCUT2D eigenvalue weighted by Gasteiger charge is 2.40. The van der Waals surface area contributed by atoms with Crippen LogP contribution in [0.15, 0.2) is 24.4 Å². The number of methoxy groups -OCH3 is 1. The van der Waals surface area contributed by atoms with Gasteiger partial charge < -0.3 is 25.0 Å². The Hall–Kier alpha value is -3.57. The Balaban J connectivity index is 1.74. The monoisotopic (exact) mass is 580 g/mol. The number of hydrogen-bond donors (Lipinski definition) is 2. The van der Waals surface area contributed by atoms with E-state index in [0.717, 1.165) is 18.2 Å². The number of hydrogen-bond acceptors (Lipinski definition) is 6. The number of ether oxygens (including phenoxy) is 2. The van der Waals surface area contributed by atoms with Crippen molar-refractivity contribution in [3.05, 3.63) is 41.6 Å². The molecule has 2 aromatic rings. The number of anilines is 1. The second-order valence-corrected chi connectivity index (χ2v) is 12.0. The summed E-state index contributed by atoms with van der Waals surface area (Å²) < 4.78 is 67.1. The van der Waals surface area contributed by atoms with Gasteiger partial charge in [-0.05, 0) is 64.7 Å². The van der Waals surface area contributed by atoms with E-state index in [9.17, 15) is 27.2 Å². The molecule has 224 valence electrons. The number of benzene rings is 1. The van der Waals surface area contributed by atoms with Crippen LogP contribution in [0.4, 0.5) is 28.0 Å². The van der Waals surface area contributed by atoms with Gasteiger partial charge in [-0.2, -0.15) is 0 Å². The number of pyridine rings is 1. The molecule has 41 heavy (non-hydrogen) atoms. The molecule has 1 saturated carbocycles. The average Bonchev–Trinajstić information content (AvgIpc) is 3.23. The van der Waals surface area contributed by atoms with E-state index in [1.54, 1.807) is 20.8 Å². The number of halogens is 4. The molecular weight excluding hydrogens is 544 g/mol. The van der Waals surface area contributed by atoms with Crippen molar-refractivity contribution in [1.82, 2.24) is 15.6 Å². The zero-order chi connectivity index (χ0) is 30.2. The minimum absolute atomic E-state index is 0.0348. The van der Waals surface area contributed by atoms with Crippen LogP contribution in [-0.4, -0.2) is 60.3 Å². The highest BCUT2D eigenvalue weighted by Crippen LogP contribution is 2.43. The van der Waals surface area contributed by atoms with Gasteiger partial charge in [0.05, 0.1) is 29.5 Å². The molecule has 0 radical (unpaired) electrons. The molecule has 0 unspecified atom stereocenters. The molecule has 2 N–H and O–H groups in total. The largest absolute Gasteiger partial charge is 0.480 e. The lowest BCUT2D eigenvalue weighted by Crippen LogP contribution is -2.49. The van der Waals surface area contributed by atoms with E-state index in [-0.39, 0.29) is 54.8 Å². The SMILES string of the molecule is COc1ncc(C(=O)NC2CCC(F)(F)CC2)c(N2CC[C@](C)(NC(=O)OC(C)(C)C)C2)c1-c1cc(F)cc(F)c1. The smallest absolute Gasteiger partial charge is 0.408 e. The lowest BCUT2D eigenvalue weighted by Gasteiger charge is -2.31. The molecule has 1 aliphatic carbocycles. The van der Waals surface area contributed by atoms with Crippen LogP contribution in [0, 0.1) is 11.6 Å². The normalized spacial score (nSPS) is 21.0. The van der Waals surface area contributed by atoms with Crippen molar-refractivity contribution in [3.8, 4) is 17.0 Å². The van der Waals surface area contributed by atoms with Gasteiger partial charge >= 0.3 is 6.09 Å². The van der Waals surface area contributed by atoms with Crippen LogP contribution in [0.3, 0.4) is 0 Å². The number of alkyl halides is 2. The molecule has 2 fully saturated rings. The number of rotatable bonds is 6. The van der Waals surface area contributed by atoms with Gasteiger partial charge in [0.25, 0.3) is 5.91 Å². The molecule has 2 amide bonds. The summed E-state index contributed by atoms with van der Waals surface area (Å²) in [6.45, 7) is 7.67. The summed E-state index contributed by atoms with van der Waals surface area (Å²) >= 11 is 0. The van der Waals surface area contributed by atoms with E-state index in [4.69, 9.17) is 9.47 Å². The van der Waals surface area contributed by atoms with Gasteiger partial charge in [0.15, 0.2) is 0 Å². The number of nitrogens with zero attached hydrogens (tertiary/aromatic N) is 2. The topological polar surface area (TPSA) is 92.8 Å². The molecule has 2 heterocycles. The Morgan fingerprint density at radius 3 is 2.29 bits per heavy atom. The maximum Gasteiger partial charge on any atom is 0.408 e. The van der Waals surface area contributed by atoms with Gasteiger partial charge in [0.1, 0.15) is 17.2 Å². The predicted octanol–water partition coefficient (Wildman–Crippen LogP) is 5.84. The number of carbonyl (C=O) groups excluding carboxylic acids is 2. The standard InChI is InChI=1S/C29H36F4N4O4/c1-27(2,3)41-26(39)36-28(4)10-11-37(16-28)23-21(24(38)35-20-6-8-29(32,33)9-7-20)15-34-25(40-5)22(23)17-12-18(30)14-19(31)13-17/h12-15,20H,6-11,16H2,1-5H3,(H,35,38)(H,36,39)/t28-/m0/s1.